The third-order valence-electron chi connectivity index (χ3n) is 3.43. The fourth-order valence-corrected chi connectivity index (χ4v) is 2.51. The van der Waals surface area contributed by atoms with E-state index in [2.05, 4.69) is 27.5 Å². The van der Waals surface area contributed by atoms with E-state index >= 15 is 0 Å². The second-order valence-electron chi connectivity index (χ2n) is 4.89. The molecule has 1 atom stereocenters. The molecule has 0 aliphatic carbocycles. The number of anilines is 1. The van der Waals surface area contributed by atoms with Gasteiger partial charge in [0.25, 0.3) is 0 Å². The summed E-state index contributed by atoms with van der Waals surface area (Å²) in [7, 11) is 2.11. The number of nitrogens with two attached hydrogens (primary N) is 1. The molecule has 98 valence electrons. The molecule has 1 aromatic heterocycles. The van der Waals surface area contributed by atoms with Crippen molar-refractivity contribution in [2.45, 2.75) is 26.3 Å². The summed E-state index contributed by atoms with van der Waals surface area (Å²) in [6.45, 7) is 5.99. The summed E-state index contributed by atoms with van der Waals surface area (Å²) in [6.07, 6.45) is 1.10. The highest BCUT2D eigenvalue weighted by Gasteiger charge is 2.22. The Bertz CT molecular complexity index is 474. The Balaban J connectivity index is 2.27. The topological polar surface area (TPSA) is 67.1 Å². The van der Waals surface area contributed by atoms with Crippen LogP contribution >= 0.6 is 12.2 Å². The van der Waals surface area contributed by atoms with Gasteiger partial charge in [0.05, 0.1) is 11.3 Å². The second kappa shape index (κ2) is 5.16. The van der Waals surface area contributed by atoms with Gasteiger partial charge in [0, 0.05) is 12.6 Å². The summed E-state index contributed by atoms with van der Waals surface area (Å²) in [5.41, 5.74) is 8.50. The first kappa shape index (κ1) is 13.2. The van der Waals surface area contributed by atoms with Gasteiger partial charge >= 0.3 is 0 Å². The van der Waals surface area contributed by atoms with Crippen molar-refractivity contribution in [3.63, 3.8) is 0 Å². The Hall–Kier alpha value is -1.27. The molecular formula is C12H19N5S. The van der Waals surface area contributed by atoms with E-state index in [9.17, 15) is 0 Å². The van der Waals surface area contributed by atoms with Gasteiger partial charge in [-0.1, -0.05) is 12.2 Å². The minimum Gasteiger partial charge on any atom is -0.389 e. The van der Waals surface area contributed by atoms with Gasteiger partial charge in [-0.05, 0) is 39.4 Å². The molecule has 5 nitrogen and oxygen atoms in total. The molecule has 1 fully saturated rings. The molecule has 0 bridgehead atoms. The van der Waals surface area contributed by atoms with Crippen LogP contribution in [0.4, 0.5) is 5.82 Å². The third-order valence-corrected chi connectivity index (χ3v) is 3.64. The monoisotopic (exact) mass is 265 g/mol. The molecule has 0 radical (unpaired) electrons. The van der Waals surface area contributed by atoms with Crippen LogP contribution in [0.3, 0.4) is 0 Å². The van der Waals surface area contributed by atoms with Gasteiger partial charge in [0.15, 0.2) is 5.82 Å². The van der Waals surface area contributed by atoms with Crippen LogP contribution in [0.2, 0.25) is 0 Å². The lowest BCUT2D eigenvalue weighted by atomic mass is 10.1. The number of aromatic nitrogens is 2. The molecule has 0 saturated carbocycles. The molecule has 1 aliphatic rings. The highest BCUT2D eigenvalue weighted by atomic mass is 32.1. The fraction of sp³-hybridized carbons (Fsp3) is 0.583. The summed E-state index contributed by atoms with van der Waals surface area (Å²) in [4.78, 5) is 2.66. The van der Waals surface area contributed by atoms with Crippen LogP contribution in [0.5, 0.6) is 0 Å². The van der Waals surface area contributed by atoms with Crippen LogP contribution in [0.15, 0.2) is 0 Å². The molecule has 1 saturated heterocycles. The van der Waals surface area contributed by atoms with Crippen molar-refractivity contribution in [2.75, 3.05) is 25.5 Å². The minimum absolute atomic E-state index is 0.374. The standard InChI is InChI=1S/C12H19N5S/c1-7-8(2)15-16-12(10(7)11(13)18)14-9-4-5-17(3)6-9/h9H,4-6H2,1-3H3,(H2,13,18)(H,14,16). The zero-order chi connectivity index (χ0) is 13.3. The molecule has 0 amide bonds. The second-order valence-corrected chi connectivity index (χ2v) is 5.33. The van der Waals surface area contributed by atoms with Crippen LogP contribution < -0.4 is 11.1 Å². The van der Waals surface area contributed by atoms with Gasteiger partial charge in [-0.25, -0.2) is 0 Å². The van der Waals surface area contributed by atoms with Gasteiger partial charge in [-0.2, -0.15) is 5.10 Å². The molecule has 2 rings (SSSR count). The zero-order valence-electron chi connectivity index (χ0n) is 11.0. The lowest BCUT2D eigenvalue weighted by Crippen LogP contribution is -2.27. The van der Waals surface area contributed by atoms with Crippen LogP contribution in [-0.2, 0) is 0 Å². The van der Waals surface area contributed by atoms with Gasteiger partial charge in [-0.15, -0.1) is 5.10 Å². The average molecular weight is 265 g/mol. The number of nitrogens with zero attached hydrogens (tertiary/aromatic N) is 3. The Morgan fingerprint density at radius 1 is 1.44 bits per heavy atom. The van der Waals surface area contributed by atoms with E-state index in [0.717, 1.165) is 36.3 Å². The zero-order valence-corrected chi connectivity index (χ0v) is 11.8. The lowest BCUT2D eigenvalue weighted by Gasteiger charge is -2.17. The van der Waals surface area contributed by atoms with Crippen molar-refractivity contribution in [3.8, 4) is 0 Å². The Morgan fingerprint density at radius 2 is 2.17 bits per heavy atom. The Labute approximate surface area is 113 Å². The molecule has 18 heavy (non-hydrogen) atoms. The average Bonchev–Trinajstić information content (AvgIpc) is 2.69. The van der Waals surface area contributed by atoms with Crippen LogP contribution in [-0.4, -0.2) is 46.3 Å². The summed E-state index contributed by atoms with van der Waals surface area (Å²) in [5, 5.41) is 11.7. The normalized spacial score (nSPS) is 20.1. The van der Waals surface area contributed by atoms with E-state index in [-0.39, 0.29) is 0 Å². The number of hydrogen-bond acceptors (Lipinski definition) is 5. The molecule has 0 aromatic carbocycles. The Kier molecular flexibility index (Phi) is 3.77. The number of likely N-dealkylation sites (N-methyl/N-ethyl adjacent to an activating group) is 1. The predicted octanol–water partition coefficient (Wildman–Crippen LogP) is 0.844. The molecule has 0 spiro atoms. The maximum absolute atomic E-state index is 5.80. The van der Waals surface area contributed by atoms with Crippen LogP contribution in [0.1, 0.15) is 23.2 Å². The van der Waals surface area contributed by atoms with Gasteiger partial charge in [0.2, 0.25) is 0 Å². The molecule has 1 aromatic rings. The van der Waals surface area contributed by atoms with E-state index in [4.69, 9.17) is 18.0 Å². The lowest BCUT2D eigenvalue weighted by molar-refractivity contribution is 0.414. The quantitative estimate of drug-likeness (QED) is 0.790. The number of rotatable bonds is 3. The highest BCUT2D eigenvalue weighted by molar-refractivity contribution is 7.80. The number of likely N-dealkylation sites (tertiary alicyclic amines) is 1. The fourth-order valence-electron chi connectivity index (χ4n) is 2.26. The van der Waals surface area contributed by atoms with E-state index in [1.807, 2.05) is 13.8 Å². The van der Waals surface area contributed by atoms with E-state index in [1.165, 1.54) is 0 Å². The van der Waals surface area contributed by atoms with Crippen molar-refractivity contribution < 1.29 is 0 Å². The Morgan fingerprint density at radius 3 is 2.72 bits per heavy atom. The molecule has 2 heterocycles. The van der Waals surface area contributed by atoms with Crippen LogP contribution in [0, 0.1) is 13.8 Å². The smallest absolute Gasteiger partial charge is 0.159 e. The van der Waals surface area contributed by atoms with Crippen molar-refractivity contribution in [1.29, 1.82) is 0 Å². The number of nitrogens with one attached hydrogen (secondary N) is 1. The molecular weight excluding hydrogens is 246 g/mol. The van der Waals surface area contributed by atoms with Crippen molar-refractivity contribution in [2.24, 2.45) is 5.73 Å². The maximum Gasteiger partial charge on any atom is 0.159 e. The first-order chi connectivity index (χ1) is 8.49. The summed E-state index contributed by atoms with van der Waals surface area (Å²) < 4.78 is 0. The summed E-state index contributed by atoms with van der Waals surface area (Å²) >= 11 is 5.12. The summed E-state index contributed by atoms with van der Waals surface area (Å²) in [5.74, 6) is 0.714. The van der Waals surface area contributed by atoms with Crippen molar-refractivity contribution in [1.82, 2.24) is 15.1 Å². The number of thiocarbonyl (C=S) groups is 1. The van der Waals surface area contributed by atoms with E-state index < -0.39 is 0 Å². The number of hydrogen-bond donors (Lipinski definition) is 2. The predicted molar refractivity (Wildman–Crippen MR) is 76.9 cm³/mol. The highest BCUT2D eigenvalue weighted by Crippen LogP contribution is 2.21. The van der Waals surface area contributed by atoms with Gasteiger partial charge in [0.1, 0.15) is 4.99 Å². The molecule has 3 N–H and O–H groups in total. The largest absolute Gasteiger partial charge is 0.389 e. The van der Waals surface area contributed by atoms with E-state index in [0.29, 0.717) is 16.8 Å². The van der Waals surface area contributed by atoms with Crippen LogP contribution in [0.25, 0.3) is 0 Å². The first-order valence-corrected chi connectivity index (χ1v) is 6.48. The number of aryl methyl sites for hydroxylation is 1. The minimum atomic E-state index is 0.374. The van der Waals surface area contributed by atoms with E-state index in [1.54, 1.807) is 0 Å². The molecule has 6 heteroatoms. The maximum atomic E-state index is 5.80. The first-order valence-electron chi connectivity index (χ1n) is 6.07. The molecule has 1 aliphatic heterocycles. The van der Waals surface area contributed by atoms with Gasteiger partial charge < -0.3 is 16.0 Å². The van der Waals surface area contributed by atoms with Crippen molar-refractivity contribution >= 4 is 23.0 Å². The summed E-state index contributed by atoms with van der Waals surface area (Å²) in [6, 6.07) is 0.388. The SMILES string of the molecule is Cc1nnc(NC2CCN(C)C2)c(C(N)=S)c1C. The third kappa shape index (κ3) is 2.59. The molecule has 1 unspecified atom stereocenters. The van der Waals surface area contributed by atoms with Crippen molar-refractivity contribution in [3.05, 3.63) is 16.8 Å². The van der Waals surface area contributed by atoms with Gasteiger partial charge in [-0.3, -0.25) is 0 Å².